The Labute approximate surface area is 148 Å². The number of hydrogen-bond acceptors (Lipinski definition) is 5. The summed E-state index contributed by atoms with van der Waals surface area (Å²) in [5, 5.41) is 12.2. The van der Waals surface area contributed by atoms with Gasteiger partial charge in [0, 0.05) is 11.5 Å². The van der Waals surface area contributed by atoms with E-state index in [4.69, 9.17) is 4.74 Å². The number of para-hydroxylation sites is 1. The van der Waals surface area contributed by atoms with Crippen molar-refractivity contribution in [3.05, 3.63) is 81.8 Å². The molecule has 0 fully saturated rings. The van der Waals surface area contributed by atoms with Gasteiger partial charge in [0.1, 0.15) is 11.7 Å². The second-order valence-corrected chi connectivity index (χ2v) is 5.57. The number of benzene rings is 2. The van der Waals surface area contributed by atoms with Gasteiger partial charge in [-0.3, -0.25) is 19.9 Å². The fourth-order valence-electron chi connectivity index (χ4n) is 2.80. The van der Waals surface area contributed by atoms with Crippen LogP contribution in [0.25, 0.3) is 10.9 Å². The van der Waals surface area contributed by atoms with E-state index in [0.29, 0.717) is 5.52 Å². The first-order valence-corrected chi connectivity index (χ1v) is 7.97. The molecule has 26 heavy (non-hydrogen) atoms. The highest BCUT2D eigenvalue weighted by Gasteiger charge is 2.32. The van der Waals surface area contributed by atoms with Crippen LogP contribution in [-0.4, -0.2) is 22.5 Å². The number of ether oxygens (including phenoxy) is 1. The summed E-state index contributed by atoms with van der Waals surface area (Å²) in [4.78, 5) is 27.7. The number of hydrogen-bond donors (Lipinski definition) is 0. The van der Waals surface area contributed by atoms with Crippen LogP contribution in [0.3, 0.4) is 0 Å². The summed E-state index contributed by atoms with van der Waals surface area (Å²) in [6.07, 6.45) is 0. The monoisotopic (exact) mass is 354 g/mol. The number of pyridine rings is 1. The maximum atomic E-state index is 13.8. The minimum absolute atomic E-state index is 0.0868. The summed E-state index contributed by atoms with van der Waals surface area (Å²) in [7, 11) is 0. The standard InChI is InChI=1S/C19H15FN2O4/c1-2-26-19(23)18(14-11-13(20)8-10-17(14)22(24)25)16-9-7-12-5-3-4-6-15(12)21-16/h3-11,18H,2H2,1H3. The molecule has 0 bridgehead atoms. The Kier molecular flexibility index (Phi) is 4.88. The average molecular weight is 354 g/mol. The van der Waals surface area contributed by atoms with E-state index in [1.165, 1.54) is 0 Å². The van der Waals surface area contributed by atoms with E-state index in [2.05, 4.69) is 4.98 Å². The van der Waals surface area contributed by atoms with Crippen molar-refractivity contribution < 1.29 is 18.8 Å². The molecule has 2 aromatic carbocycles. The van der Waals surface area contributed by atoms with Gasteiger partial charge >= 0.3 is 5.97 Å². The third-order valence-electron chi connectivity index (χ3n) is 3.94. The molecule has 132 valence electrons. The third kappa shape index (κ3) is 3.37. The van der Waals surface area contributed by atoms with Crippen LogP contribution in [0.5, 0.6) is 0 Å². The summed E-state index contributed by atoms with van der Waals surface area (Å²) in [6.45, 7) is 1.72. The molecule has 0 radical (unpaired) electrons. The summed E-state index contributed by atoms with van der Waals surface area (Å²) in [6, 6.07) is 13.6. The molecule has 0 aliphatic rings. The van der Waals surface area contributed by atoms with Gasteiger partial charge in [-0.1, -0.05) is 24.3 Å². The van der Waals surface area contributed by atoms with E-state index in [9.17, 15) is 19.3 Å². The topological polar surface area (TPSA) is 82.3 Å². The molecule has 1 atom stereocenters. The second kappa shape index (κ2) is 7.26. The molecule has 0 spiro atoms. The minimum atomic E-state index is -1.20. The van der Waals surface area contributed by atoms with Gasteiger partial charge in [-0.2, -0.15) is 0 Å². The van der Waals surface area contributed by atoms with Crippen LogP contribution in [-0.2, 0) is 9.53 Å². The third-order valence-corrected chi connectivity index (χ3v) is 3.94. The number of aromatic nitrogens is 1. The summed E-state index contributed by atoms with van der Waals surface area (Å²) >= 11 is 0. The predicted molar refractivity (Wildman–Crippen MR) is 93.3 cm³/mol. The molecule has 0 aliphatic heterocycles. The molecule has 0 aliphatic carbocycles. The Morgan fingerprint density at radius 1 is 1.23 bits per heavy atom. The maximum Gasteiger partial charge on any atom is 0.319 e. The molecule has 1 unspecified atom stereocenters. The smallest absolute Gasteiger partial charge is 0.319 e. The molecule has 0 saturated heterocycles. The lowest BCUT2D eigenvalue weighted by molar-refractivity contribution is -0.385. The van der Waals surface area contributed by atoms with Crippen LogP contribution >= 0.6 is 0 Å². The Morgan fingerprint density at radius 3 is 2.73 bits per heavy atom. The summed E-state index contributed by atoms with van der Waals surface area (Å²) in [5.41, 5.74) is 0.435. The SMILES string of the molecule is CCOC(=O)C(c1ccc2ccccc2n1)c1cc(F)ccc1[N+](=O)[O-]. The highest BCUT2D eigenvalue weighted by molar-refractivity contribution is 5.85. The van der Waals surface area contributed by atoms with Gasteiger partial charge in [-0.15, -0.1) is 0 Å². The molecule has 6 nitrogen and oxygen atoms in total. The zero-order valence-corrected chi connectivity index (χ0v) is 13.9. The highest BCUT2D eigenvalue weighted by atomic mass is 19.1. The molecule has 0 N–H and O–H groups in total. The van der Waals surface area contributed by atoms with Crippen LogP contribution in [0.1, 0.15) is 24.1 Å². The number of fused-ring (bicyclic) bond motifs is 1. The van der Waals surface area contributed by atoms with E-state index in [1.54, 1.807) is 31.2 Å². The quantitative estimate of drug-likeness (QED) is 0.393. The zero-order valence-electron chi connectivity index (χ0n) is 13.9. The average Bonchev–Trinajstić information content (AvgIpc) is 2.62. The molecule has 0 amide bonds. The fourth-order valence-corrected chi connectivity index (χ4v) is 2.80. The number of nitrogens with zero attached hydrogens (tertiary/aromatic N) is 2. The molecule has 3 aromatic rings. The van der Waals surface area contributed by atoms with Gasteiger partial charge in [0.05, 0.1) is 28.3 Å². The maximum absolute atomic E-state index is 13.8. The van der Waals surface area contributed by atoms with Crippen LogP contribution in [0.2, 0.25) is 0 Å². The molecular weight excluding hydrogens is 339 g/mol. The molecule has 3 rings (SSSR count). The minimum Gasteiger partial charge on any atom is -0.465 e. The Balaban J connectivity index is 2.21. The number of rotatable bonds is 5. The van der Waals surface area contributed by atoms with Gasteiger partial charge in [-0.25, -0.2) is 4.39 Å². The van der Waals surface area contributed by atoms with Gasteiger partial charge in [0.25, 0.3) is 5.69 Å². The van der Waals surface area contributed by atoms with Gasteiger partial charge in [-0.05, 0) is 31.2 Å². The molecule has 1 aromatic heterocycles. The van der Waals surface area contributed by atoms with Crippen molar-refractivity contribution in [2.45, 2.75) is 12.8 Å². The molecular formula is C19H15FN2O4. The highest BCUT2D eigenvalue weighted by Crippen LogP contribution is 2.33. The Bertz CT molecular complexity index is 990. The Morgan fingerprint density at radius 2 is 2.00 bits per heavy atom. The zero-order chi connectivity index (χ0) is 18.7. The van der Waals surface area contributed by atoms with Crippen LogP contribution in [0.15, 0.2) is 54.6 Å². The van der Waals surface area contributed by atoms with Crippen molar-refractivity contribution in [1.82, 2.24) is 4.98 Å². The number of esters is 1. The van der Waals surface area contributed by atoms with Crippen molar-refractivity contribution >= 4 is 22.6 Å². The van der Waals surface area contributed by atoms with Crippen LogP contribution < -0.4 is 0 Å². The Hall–Kier alpha value is -3.35. The first-order chi connectivity index (χ1) is 12.5. The van der Waals surface area contributed by atoms with E-state index >= 15 is 0 Å². The van der Waals surface area contributed by atoms with Gasteiger partial charge in [0.2, 0.25) is 0 Å². The fraction of sp³-hybridized carbons (Fsp3) is 0.158. The first-order valence-electron chi connectivity index (χ1n) is 7.97. The molecule has 0 saturated carbocycles. The summed E-state index contributed by atoms with van der Waals surface area (Å²) in [5.74, 6) is -2.60. The number of nitro benzene ring substituents is 1. The molecule has 1 heterocycles. The number of nitro groups is 1. The van der Waals surface area contributed by atoms with E-state index in [1.807, 2.05) is 12.1 Å². The lowest BCUT2D eigenvalue weighted by atomic mass is 9.93. The van der Waals surface area contributed by atoms with Gasteiger partial charge in [0.15, 0.2) is 0 Å². The van der Waals surface area contributed by atoms with Crippen LogP contribution in [0.4, 0.5) is 10.1 Å². The second-order valence-electron chi connectivity index (χ2n) is 5.57. The lowest BCUT2D eigenvalue weighted by Crippen LogP contribution is -2.20. The van der Waals surface area contributed by atoms with Crippen molar-refractivity contribution in [1.29, 1.82) is 0 Å². The number of carbonyl (C=O) groups excluding carboxylic acids is 1. The normalized spacial score (nSPS) is 11.9. The van der Waals surface area contributed by atoms with Crippen LogP contribution in [0, 0.1) is 15.9 Å². The van der Waals surface area contributed by atoms with Crippen molar-refractivity contribution in [2.24, 2.45) is 0 Å². The van der Waals surface area contributed by atoms with Crippen molar-refractivity contribution in [3.63, 3.8) is 0 Å². The first kappa shape index (κ1) is 17.5. The molecule has 7 heteroatoms. The lowest BCUT2D eigenvalue weighted by Gasteiger charge is -2.16. The summed E-state index contributed by atoms with van der Waals surface area (Å²) < 4.78 is 18.9. The van der Waals surface area contributed by atoms with E-state index in [0.717, 1.165) is 23.6 Å². The van der Waals surface area contributed by atoms with Gasteiger partial charge < -0.3 is 4.74 Å². The number of halogens is 1. The van der Waals surface area contributed by atoms with E-state index < -0.39 is 22.6 Å². The van der Waals surface area contributed by atoms with E-state index in [-0.39, 0.29) is 23.6 Å². The number of carbonyl (C=O) groups is 1. The van der Waals surface area contributed by atoms with Crippen molar-refractivity contribution in [3.8, 4) is 0 Å². The predicted octanol–water partition coefficient (Wildman–Crippen LogP) is 3.98. The largest absolute Gasteiger partial charge is 0.465 e. The van der Waals surface area contributed by atoms with Crippen molar-refractivity contribution in [2.75, 3.05) is 6.61 Å².